The monoisotopic (exact) mass is 457 g/mol. The number of aryl methyl sites for hydroxylation is 1. The summed E-state index contributed by atoms with van der Waals surface area (Å²) >= 11 is 1.80. The van der Waals surface area contributed by atoms with E-state index in [1.165, 1.54) is 48.4 Å². The number of nitrogens with zero attached hydrogens (tertiary/aromatic N) is 1. The minimum absolute atomic E-state index is 0.0935. The molecule has 1 fully saturated rings. The highest BCUT2D eigenvalue weighted by atomic mass is 32.2. The number of fused-ring (bicyclic) bond motifs is 1. The lowest BCUT2D eigenvalue weighted by molar-refractivity contribution is 0.0958. The Morgan fingerprint density at radius 3 is 2.42 bits per heavy atom. The van der Waals surface area contributed by atoms with E-state index in [4.69, 9.17) is 4.74 Å². The van der Waals surface area contributed by atoms with Gasteiger partial charge in [-0.05, 0) is 74.3 Å². The maximum Gasteiger partial charge on any atom is 0.171 e. The SMILES string of the molecule is Cc1ccc(C2Sc3ccccc3C2C(=O)c2ccc(OCCN3CCCCC3)cc2)cc1. The molecule has 33 heavy (non-hydrogen) atoms. The van der Waals surface area contributed by atoms with Crippen LogP contribution in [0.4, 0.5) is 0 Å². The third kappa shape index (κ3) is 5.02. The van der Waals surface area contributed by atoms with Gasteiger partial charge in [-0.15, -0.1) is 11.8 Å². The van der Waals surface area contributed by atoms with Gasteiger partial charge in [0.2, 0.25) is 0 Å². The number of likely N-dealkylation sites (tertiary alicyclic amines) is 1. The van der Waals surface area contributed by atoms with E-state index in [0.717, 1.165) is 23.4 Å². The zero-order valence-electron chi connectivity index (χ0n) is 19.2. The molecule has 0 aromatic heterocycles. The van der Waals surface area contributed by atoms with Crippen LogP contribution in [0.1, 0.15) is 57.5 Å². The number of rotatable bonds is 7. The Bertz CT molecular complexity index is 1090. The van der Waals surface area contributed by atoms with E-state index in [0.29, 0.717) is 6.61 Å². The predicted molar refractivity (Wildman–Crippen MR) is 136 cm³/mol. The van der Waals surface area contributed by atoms with Gasteiger partial charge in [-0.1, -0.05) is 54.4 Å². The van der Waals surface area contributed by atoms with Crippen LogP contribution in [0.3, 0.4) is 0 Å². The Hall–Kier alpha value is -2.56. The van der Waals surface area contributed by atoms with Crippen LogP contribution in [0.2, 0.25) is 0 Å². The first-order chi connectivity index (χ1) is 16.2. The lowest BCUT2D eigenvalue weighted by Crippen LogP contribution is -2.33. The molecule has 0 N–H and O–H groups in total. The van der Waals surface area contributed by atoms with Crippen LogP contribution in [0, 0.1) is 6.92 Å². The van der Waals surface area contributed by atoms with Crippen molar-refractivity contribution < 1.29 is 9.53 Å². The van der Waals surface area contributed by atoms with Crippen molar-refractivity contribution in [1.82, 2.24) is 4.90 Å². The molecule has 5 rings (SSSR count). The number of carbonyl (C=O) groups is 1. The Morgan fingerprint density at radius 2 is 1.67 bits per heavy atom. The number of ether oxygens (including phenoxy) is 1. The number of piperidine rings is 1. The molecule has 0 bridgehead atoms. The quantitative estimate of drug-likeness (QED) is 0.371. The number of hydrogen-bond donors (Lipinski definition) is 0. The highest BCUT2D eigenvalue weighted by Crippen LogP contribution is 2.55. The molecule has 0 aliphatic carbocycles. The highest BCUT2D eigenvalue weighted by molar-refractivity contribution is 8.00. The molecule has 170 valence electrons. The summed E-state index contributed by atoms with van der Waals surface area (Å²) in [5.74, 6) is 0.831. The fourth-order valence-corrected chi connectivity index (χ4v) is 6.34. The molecular weight excluding hydrogens is 426 g/mol. The summed E-state index contributed by atoms with van der Waals surface area (Å²) in [6.45, 7) is 6.11. The van der Waals surface area contributed by atoms with Crippen molar-refractivity contribution in [2.75, 3.05) is 26.2 Å². The molecule has 2 heterocycles. The molecule has 0 saturated carbocycles. The van der Waals surface area contributed by atoms with Crippen LogP contribution in [0.25, 0.3) is 0 Å². The van der Waals surface area contributed by atoms with Crippen LogP contribution >= 0.6 is 11.8 Å². The topological polar surface area (TPSA) is 29.5 Å². The lowest BCUT2D eigenvalue weighted by atomic mass is 9.85. The van der Waals surface area contributed by atoms with E-state index in [1.807, 2.05) is 30.3 Å². The Morgan fingerprint density at radius 1 is 0.939 bits per heavy atom. The molecule has 3 aromatic rings. The van der Waals surface area contributed by atoms with Crippen molar-refractivity contribution in [3.8, 4) is 5.75 Å². The molecule has 4 heteroatoms. The minimum Gasteiger partial charge on any atom is -0.492 e. The summed E-state index contributed by atoms with van der Waals surface area (Å²) in [6.07, 6.45) is 3.94. The first-order valence-electron chi connectivity index (χ1n) is 12.0. The normalized spacial score (nSPS) is 20.4. The number of hydrogen-bond acceptors (Lipinski definition) is 4. The van der Waals surface area contributed by atoms with Crippen LogP contribution in [-0.2, 0) is 0 Å². The van der Waals surface area contributed by atoms with E-state index in [9.17, 15) is 4.79 Å². The van der Waals surface area contributed by atoms with Gasteiger partial charge in [0.25, 0.3) is 0 Å². The molecule has 1 saturated heterocycles. The maximum absolute atomic E-state index is 13.7. The van der Waals surface area contributed by atoms with E-state index in [-0.39, 0.29) is 17.0 Å². The molecule has 0 radical (unpaired) electrons. The summed E-state index contributed by atoms with van der Waals surface area (Å²) < 4.78 is 5.97. The molecule has 3 nitrogen and oxygen atoms in total. The number of Topliss-reactive ketones (excluding diaryl/α,β-unsaturated/α-hetero) is 1. The van der Waals surface area contributed by atoms with Crippen molar-refractivity contribution in [1.29, 1.82) is 0 Å². The summed E-state index contributed by atoms with van der Waals surface area (Å²) in [7, 11) is 0. The van der Waals surface area contributed by atoms with Crippen LogP contribution in [0.15, 0.2) is 77.7 Å². The number of carbonyl (C=O) groups excluding carboxylic acids is 1. The average Bonchev–Trinajstić information content (AvgIpc) is 3.25. The van der Waals surface area contributed by atoms with Gasteiger partial charge in [-0.2, -0.15) is 0 Å². The average molecular weight is 458 g/mol. The van der Waals surface area contributed by atoms with Gasteiger partial charge >= 0.3 is 0 Å². The third-order valence-electron chi connectivity index (χ3n) is 6.76. The summed E-state index contributed by atoms with van der Waals surface area (Å²) in [5.41, 5.74) is 4.33. The second-order valence-electron chi connectivity index (χ2n) is 9.10. The number of ketones is 1. The second kappa shape index (κ2) is 10.1. The zero-order valence-corrected chi connectivity index (χ0v) is 20.0. The smallest absolute Gasteiger partial charge is 0.171 e. The Kier molecular flexibility index (Phi) is 6.84. The molecule has 2 unspecified atom stereocenters. The Balaban J connectivity index is 1.30. The summed E-state index contributed by atoms with van der Waals surface area (Å²) in [5, 5.41) is 0.0935. The maximum atomic E-state index is 13.7. The van der Waals surface area contributed by atoms with Crippen molar-refractivity contribution >= 4 is 17.5 Å². The minimum atomic E-state index is -0.181. The zero-order chi connectivity index (χ0) is 22.6. The van der Waals surface area contributed by atoms with E-state index in [2.05, 4.69) is 54.3 Å². The molecule has 0 amide bonds. The van der Waals surface area contributed by atoms with Gasteiger partial charge < -0.3 is 4.74 Å². The van der Waals surface area contributed by atoms with Gasteiger partial charge in [0, 0.05) is 22.3 Å². The van der Waals surface area contributed by atoms with Crippen molar-refractivity contribution in [3.63, 3.8) is 0 Å². The molecule has 2 aliphatic rings. The van der Waals surface area contributed by atoms with Gasteiger partial charge in [0.05, 0.1) is 5.92 Å². The largest absolute Gasteiger partial charge is 0.492 e. The van der Waals surface area contributed by atoms with Crippen LogP contribution in [0.5, 0.6) is 5.75 Å². The van der Waals surface area contributed by atoms with E-state index < -0.39 is 0 Å². The van der Waals surface area contributed by atoms with E-state index in [1.54, 1.807) is 11.8 Å². The van der Waals surface area contributed by atoms with Gasteiger partial charge in [0.15, 0.2) is 5.78 Å². The third-order valence-corrected chi connectivity index (χ3v) is 8.19. The number of thioether (sulfide) groups is 1. The number of benzene rings is 3. The first kappa shape index (κ1) is 22.2. The predicted octanol–water partition coefficient (Wildman–Crippen LogP) is 6.67. The summed E-state index contributed by atoms with van der Waals surface area (Å²) in [4.78, 5) is 17.4. The van der Waals surface area contributed by atoms with Gasteiger partial charge in [0.1, 0.15) is 12.4 Å². The molecule has 0 spiro atoms. The fourth-order valence-electron chi connectivity index (χ4n) is 4.88. The molecule has 3 aromatic carbocycles. The van der Waals surface area contributed by atoms with Gasteiger partial charge in [-0.25, -0.2) is 0 Å². The fraction of sp³-hybridized carbons (Fsp3) is 0.345. The van der Waals surface area contributed by atoms with E-state index >= 15 is 0 Å². The first-order valence-corrected chi connectivity index (χ1v) is 12.9. The lowest BCUT2D eigenvalue weighted by Gasteiger charge is -2.26. The molecule has 2 atom stereocenters. The van der Waals surface area contributed by atoms with Crippen molar-refractivity contribution in [2.45, 2.75) is 42.2 Å². The van der Waals surface area contributed by atoms with Gasteiger partial charge in [-0.3, -0.25) is 9.69 Å². The highest BCUT2D eigenvalue weighted by Gasteiger charge is 2.39. The summed E-state index contributed by atoms with van der Waals surface area (Å²) in [6, 6.07) is 24.7. The van der Waals surface area contributed by atoms with Crippen molar-refractivity contribution in [2.24, 2.45) is 0 Å². The molecule has 2 aliphatic heterocycles. The Labute approximate surface area is 201 Å². The van der Waals surface area contributed by atoms with Crippen LogP contribution in [-0.4, -0.2) is 36.9 Å². The second-order valence-corrected chi connectivity index (χ2v) is 10.3. The van der Waals surface area contributed by atoms with Crippen LogP contribution < -0.4 is 4.74 Å². The molecular formula is C29H31NO2S. The van der Waals surface area contributed by atoms with Crippen molar-refractivity contribution in [3.05, 3.63) is 95.1 Å². The standard InChI is InChI=1S/C29H31NO2S/c1-21-9-11-23(12-10-21)29-27(25-7-3-4-8-26(25)33-29)28(31)22-13-15-24(16-14-22)32-20-19-30-17-5-2-6-18-30/h3-4,7-16,27,29H,2,5-6,17-20H2,1H3.